The van der Waals surface area contributed by atoms with E-state index < -0.39 is 11.7 Å². The molecule has 0 radical (unpaired) electrons. The third-order valence-corrected chi connectivity index (χ3v) is 4.84. The maximum Gasteiger partial charge on any atom is 0.416 e. The van der Waals surface area contributed by atoms with Crippen molar-refractivity contribution in [1.29, 1.82) is 0 Å². The smallest absolute Gasteiger partial charge is 0.346 e. The lowest BCUT2D eigenvalue weighted by Gasteiger charge is -2.23. The quantitative estimate of drug-likeness (QED) is 0.691. The van der Waals surface area contributed by atoms with Gasteiger partial charge in [0, 0.05) is 11.1 Å². The monoisotopic (exact) mass is 387 g/mol. The van der Waals surface area contributed by atoms with Crippen LogP contribution in [0.1, 0.15) is 27.5 Å². The van der Waals surface area contributed by atoms with Gasteiger partial charge in [-0.2, -0.15) is 13.2 Å². The van der Waals surface area contributed by atoms with Crippen molar-refractivity contribution in [2.24, 2.45) is 0 Å². The third kappa shape index (κ3) is 4.34. The molecule has 2 N–H and O–H groups in total. The third-order valence-electron chi connectivity index (χ3n) is 4.84. The van der Waals surface area contributed by atoms with E-state index in [2.05, 4.69) is 11.4 Å². The molecule has 3 aromatic rings. The van der Waals surface area contributed by atoms with Crippen LogP contribution in [0.2, 0.25) is 0 Å². The van der Waals surface area contributed by atoms with Crippen molar-refractivity contribution in [3.63, 3.8) is 0 Å². The van der Waals surface area contributed by atoms with Crippen LogP contribution in [0.3, 0.4) is 0 Å². The number of likely N-dealkylation sites (N-methyl/N-ethyl adjacent to an activating group) is 1. The number of hydrogen-bond donors (Lipinski definition) is 2. The van der Waals surface area contributed by atoms with E-state index in [-0.39, 0.29) is 17.5 Å². The maximum atomic E-state index is 12.7. The number of fused-ring (bicyclic) bond motifs is 1. The zero-order valence-corrected chi connectivity index (χ0v) is 15.7. The van der Waals surface area contributed by atoms with Gasteiger partial charge in [0.25, 0.3) is 5.91 Å². The average Bonchev–Trinajstić information content (AvgIpc) is 2.67. The van der Waals surface area contributed by atoms with Crippen LogP contribution in [-0.2, 0) is 6.18 Å². The summed E-state index contributed by atoms with van der Waals surface area (Å²) >= 11 is 0. The van der Waals surface area contributed by atoms with Gasteiger partial charge in [-0.3, -0.25) is 4.79 Å². The number of nitrogens with one attached hydrogen (secondary N) is 2. The van der Waals surface area contributed by atoms with Crippen LogP contribution in [0.25, 0.3) is 10.8 Å². The summed E-state index contributed by atoms with van der Waals surface area (Å²) in [5.41, 5.74) is 0.555. The SMILES string of the molecule is C[NH+](C)[C@H](CNC(=O)c1ccc(C(F)(F)F)cc1)c1cccc2ccccc12. The molecule has 0 saturated heterocycles. The van der Waals surface area contributed by atoms with Crippen molar-refractivity contribution >= 4 is 16.7 Å². The molecule has 6 heteroatoms. The second-order valence-corrected chi connectivity index (χ2v) is 6.98. The number of hydrogen-bond acceptors (Lipinski definition) is 1. The molecule has 3 nitrogen and oxygen atoms in total. The lowest BCUT2D eigenvalue weighted by atomic mass is 9.98. The summed E-state index contributed by atoms with van der Waals surface area (Å²) in [6, 6.07) is 18.4. The Balaban J connectivity index is 1.77. The standard InChI is InChI=1S/C22H21F3N2O/c1-27(2)20(19-9-5-7-15-6-3-4-8-18(15)19)14-26-21(28)16-10-12-17(13-11-16)22(23,24)25/h3-13,20H,14H2,1-2H3,(H,26,28)/p+1/t20-/m1/s1. The minimum Gasteiger partial charge on any atom is -0.346 e. The van der Waals surface area contributed by atoms with E-state index in [0.717, 1.165) is 33.4 Å². The Labute approximate surface area is 161 Å². The molecule has 3 aromatic carbocycles. The van der Waals surface area contributed by atoms with E-state index in [1.807, 2.05) is 50.5 Å². The van der Waals surface area contributed by atoms with Crippen LogP contribution in [-0.4, -0.2) is 26.5 Å². The molecule has 146 valence electrons. The molecule has 0 saturated carbocycles. The summed E-state index contributed by atoms with van der Waals surface area (Å²) in [6.07, 6.45) is -4.41. The van der Waals surface area contributed by atoms with Gasteiger partial charge < -0.3 is 10.2 Å². The summed E-state index contributed by atoms with van der Waals surface area (Å²) in [5, 5.41) is 5.11. The van der Waals surface area contributed by atoms with Gasteiger partial charge in [-0.25, -0.2) is 0 Å². The number of amides is 1. The first kappa shape index (κ1) is 19.9. The Hall–Kier alpha value is -2.86. The summed E-state index contributed by atoms with van der Waals surface area (Å²) in [6.45, 7) is 0.371. The van der Waals surface area contributed by atoms with Gasteiger partial charge in [-0.15, -0.1) is 0 Å². The van der Waals surface area contributed by atoms with Crippen molar-refractivity contribution in [1.82, 2.24) is 5.32 Å². The molecule has 0 aliphatic heterocycles. The zero-order valence-electron chi connectivity index (χ0n) is 15.7. The zero-order chi connectivity index (χ0) is 20.3. The Kier molecular flexibility index (Phi) is 5.70. The number of rotatable bonds is 5. The average molecular weight is 387 g/mol. The van der Waals surface area contributed by atoms with E-state index in [1.165, 1.54) is 12.1 Å². The molecule has 0 bridgehead atoms. The van der Waals surface area contributed by atoms with Gasteiger partial charge >= 0.3 is 6.18 Å². The second kappa shape index (κ2) is 8.02. The van der Waals surface area contributed by atoms with Crippen molar-refractivity contribution in [3.05, 3.63) is 83.4 Å². The normalized spacial score (nSPS) is 12.9. The first-order chi connectivity index (χ1) is 13.3. The van der Waals surface area contributed by atoms with Gasteiger partial charge in [0.1, 0.15) is 6.04 Å². The van der Waals surface area contributed by atoms with Crippen molar-refractivity contribution in [2.75, 3.05) is 20.6 Å². The van der Waals surface area contributed by atoms with Gasteiger partial charge in [-0.05, 0) is 35.0 Å². The van der Waals surface area contributed by atoms with Crippen LogP contribution in [0.15, 0.2) is 66.7 Å². The fourth-order valence-electron chi connectivity index (χ4n) is 3.29. The van der Waals surface area contributed by atoms with E-state index in [4.69, 9.17) is 0 Å². The first-order valence-electron chi connectivity index (χ1n) is 9.00. The minimum atomic E-state index is -4.41. The maximum absolute atomic E-state index is 12.7. The Morgan fingerprint density at radius 3 is 2.25 bits per heavy atom. The molecule has 0 aromatic heterocycles. The molecule has 1 amide bonds. The number of carbonyl (C=O) groups excluding carboxylic acids is 1. The second-order valence-electron chi connectivity index (χ2n) is 6.98. The summed E-state index contributed by atoms with van der Waals surface area (Å²) < 4.78 is 38.0. The number of carbonyl (C=O) groups is 1. The minimum absolute atomic E-state index is 0.00417. The predicted molar refractivity (Wildman–Crippen MR) is 103 cm³/mol. The largest absolute Gasteiger partial charge is 0.416 e. The molecule has 0 fully saturated rings. The van der Waals surface area contributed by atoms with Gasteiger partial charge in [0.15, 0.2) is 0 Å². The number of halogens is 3. The molecular weight excluding hydrogens is 365 g/mol. The van der Waals surface area contributed by atoms with E-state index in [1.54, 1.807) is 0 Å². The molecule has 3 rings (SSSR count). The highest BCUT2D eigenvalue weighted by atomic mass is 19.4. The highest BCUT2D eigenvalue weighted by molar-refractivity contribution is 5.94. The molecule has 0 heterocycles. The predicted octanol–water partition coefficient (Wildman–Crippen LogP) is 3.47. The summed E-state index contributed by atoms with van der Waals surface area (Å²) in [7, 11) is 4.02. The first-order valence-corrected chi connectivity index (χ1v) is 9.00. The van der Waals surface area contributed by atoms with Crippen LogP contribution >= 0.6 is 0 Å². The summed E-state index contributed by atoms with van der Waals surface area (Å²) in [5.74, 6) is -0.389. The highest BCUT2D eigenvalue weighted by Gasteiger charge is 2.30. The molecule has 0 aliphatic carbocycles. The molecule has 0 aliphatic rings. The van der Waals surface area contributed by atoms with Gasteiger partial charge in [-0.1, -0.05) is 42.5 Å². The summed E-state index contributed by atoms with van der Waals surface area (Å²) in [4.78, 5) is 13.6. The van der Waals surface area contributed by atoms with Gasteiger partial charge in [0.2, 0.25) is 0 Å². The van der Waals surface area contributed by atoms with E-state index in [0.29, 0.717) is 6.54 Å². The molecule has 0 unspecified atom stereocenters. The lowest BCUT2D eigenvalue weighted by Crippen LogP contribution is -3.07. The number of quaternary nitrogens is 1. The van der Waals surface area contributed by atoms with Crippen LogP contribution in [0.4, 0.5) is 13.2 Å². The van der Waals surface area contributed by atoms with Crippen LogP contribution in [0, 0.1) is 0 Å². The Morgan fingerprint density at radius 1 is 0.964 bits per heavy atom. The lowest BCUT2D eigenvalue weighted by molar-refractivity contribution is -0.890. The van der Waals surface area contributed by atoms with E-state index in [9.17, 15) is 18.0 Å². The van der Waals surface area contributed by atoms with Crippen LogP contribution in [0.5, 0.6) is 0 Å². The van der Waals surface area contributed by atoms with Crippen LogP contribution < -0.4 is 10.2 Å². The van der Waals surface area contributed by atoms with Crippen molar-refractivity contribution in [3.8, 4) is 0 Å². The number of alkyl halides is 3. The number of benzene rings is 3. The van der Waals surface area contributed by atoms with Gasteiger partial charge in [0.05, 0.1) is 26.2 Å². The molecular formula is C22H22F3N2O+. The topological polar surface area (TPSA) is 33.5 Å². The Morgan fingerprint density at radius 2 is 1.61 bits per heavy atom. The molecule has 28 heavy (non-hydrogen) atoms. The molecule has 0 spiro atoms. The molecule has 1 atom stereocenters. The fourth-order valence-corrected chi connectivity index (χ4v) is 3.29. The highest BCUT2D eigenvalue weighted by Crippen LogP contribution is 2.29. The van der Waals surface area contributed by atoms with Crippen molar-refractivity contribution in [2.45, 2.75) is 12.2 Å². The van der Waals surface area contributed by atoms with Crippen molar-refractivity contribution < 1.29 is 22.9 Å². The van der Waals surface area contributed by atoms with E-state index >= 15 is 0 Å². The fraction of sp³-hybridized carbons (Fsp3) is 0.227. The Bertz CT molecular complexity index is 960.